The van der Waals surface area contributed by atoms with Crippen molar-refractivity contribution < 1.29 is 17.6 Å². The number of hydrogen-bond acceptors (Lipinski definition) is 4. The molecule has 1 heterocycles. The van der Waals surface area contributed by atoms with Crippen LogP contribution >= 0.6 is 0 Å². The second-order valence-electron chi connectivity index (χ2n) is 8.54. The minimum absolute atomic E-state index is 0.0789. The molecule has 178 valence electrons. The van der Waals surface area contributed by atoms with Crippen LogP contribution in [0.1, 0.15) is 28.8 Å². The van der Waals surface area contributed by atoms with Crippen molar-refractivity contribution in [1.29, 1.82) is 0 Å². The van der Waals surface area contributed by atoms with Crippen molar-refractivity contribution in [3.05, 3.63) is 95.8 Å². The van der Waals surface area contributed by atoms with Crippen molar-refractivity contribution in [2.24, 2.45) is 5.92 Å². The van der Waals surface area contributed by atoms with Gasteiger partial charge in [-0.15, -0.1) is 0 Å². The normalized spacial score (nSPS) is 16.7. The summed E-state index contributed by atoms with van der Waals surface area (Å²) in [4.78, 5) is 15.3. The minimum atomic E-state index is -3.96. The maximum atomic E-state index is 13.2. The summed E-state index contributed by atoms with van der Waals surface area (Å²) in [6, 6.07) is 21.3. The quantitative estimate of drug-likeness (QED) is 0.504. The predicted octanol–water partition coefficient (Wildman–Crippen LogP) is 4.27. The smallest absolute Gasteiger partial charge is 0.261 e. The fourth-order valence-corrected chi connectivity index (χ4v) is 5.30. The summed E-state index contributed by atoms with van der Waals surface area (Å²) < 4.78 is 41.0. The average molecular weight is 482 g/mol. The zero-order chi connectivity index (χ0) is 24.0. The molecule has 1 saturated heterocycles. The van der Waals surface area contributed by atoms with Gasteiger partial charge in [0, 0.05) is 19.6 Å². The van der Waals surface area contributed by atoms with Crippen LogP contribution in [-0.2, 0) is 16.6 Å². The molecule has 0 radical (unpaired) electrons. The lowest BCUT2D eigenvalue weighted by Gasteiger charge is -2.32. The lowest BCUT2D eigenvalue weighted by molar-refractivity contribution is 0.0931. The van der Waals surface area contributed by atoms with Crippen LogP contribution in [-0.4, -0.2) is 38.9 Å². The molecule has 1 unspecified atom stereocenters. The number of amides is 1. The van der Waals surface area contributed by atoms with Crippen LogP contribution in [0.25, 0.3) is 0 Å². The molecular weight excluding hydrogens is 453 g/mol. The van der Waals surface area contributed by atoms with Gasteiger partial charge < -0.3 is 5.32 Å². The number of hydrogen-bond donors (Lipinski definition) is 2. The summed E-state index contributed by atoms with van der Waals surface area (Å²) in [7, 11) is -3.96. The Labute approximate surface area is 199 Å². The van der Waals surface area contributed by atoms with Crippen molar-refractivity contribution in [2.75, 3.05) is 24.4 Å². The molecule has 0 spiro atoms. The van der Waals surface area contributed by atoms with Crippen LogP contribution in [0.4, 0.5) is 10.1 Å². The third kappa shape index (κ3) is 6.21. The highest BCUT2D eigenvalue weighted by atomic mass is 32.2. The summed E-state index contributed by atoms with van der Waals surface area (Å²) in [6.07, 6.45) is 2.10. The van der Waals surface area contributed by atoms with Crippen LogP contribution in [0.3, 0.4) is 0 Å². The first-order chi connectivity index (χ1) is 16.4. The van der Waals surface area contributed by atoms with E-state index in [1.807, 2.05) is 18.2 Å². The standard InChI is InChI=1S/C26H28FN3O3S/c27-22-12-14-23(15-13-22)34(32,33)29-25-11-5-4-10-24(25)26(31)28-17-21-9-6-16-30(19-21)18-20-7-2-1-3-8-20/h1-5,7-8,10-15,21,29H,6,9,16-19H2,(H,28,31). The molecule has 0 aromatic heterocycles. The fourth-order valence-electron chi connectivity index (χ4n) is 4.22. The van der Waals surface area contributed by atoms with Gasteiger partial charge >= 0.3 is 0 Å². The molecule has 3 aromatic rings. The van der Waals surface area contributed by atoms with Crippen LogP contribution in [0, 0.1) is 11.7 Å². The number of rotatable bonds is 8. The van der Waals surface area contributed by atoms with E-state index in [2.05, 4.69) is 27.1 Å². The number of nitrogens with one attached hydrogen (secondary N) is 2. The maximum absolute atomic E-state index is 13.2. The Morgan fingerprint density at radius 2 is 1.68 bits per heavy atom. The van der Waals surface area contributed by atoms with E-state index < -0.39 is 15.8 Å². The highest BCUT2D eigenvalue weighted by molar-refractivity contribution is 7.92. The second-order valence-corrected chi connectivity index (χ2v) is 10.2. The van der Waals surface area contributed by atoms with E-state index in [1.165, 1.54) is 23.8 Å². The van der Waals surface area contributed by atoms with Crippen molar-refractivity contribution in [2.45, 2.75) is 24.3 Å². The topological polar surface area (TPSA) is 78.5 Å². The summed E-state index contributed by atoms with van der Waals surface area (Å²) in [6.45, 7) is 3.34. The summed E-state index contributed by atoms with van der Waals surface area (Å²) in [5.74, 6) is -0.536. The van der Waals surface area contributed by atoms with Gasteiger partial charge in [-0.3, -0.25) is 14.4 Å². The van der Waals surface area contributed by atoms with Crippen molar-refractivity contribution in [3.63, 3.8) is 0 Å². The molecule has 3 aromatic carbocycles. The van der Waals surface area contributed by atoms with Gasteiger partial charge in [-0.1, -0.05) is 42.5 Å². The van der Waals surface area contributed by atoms with Gasteiger partial charge in [0.2, 0.25) is 0 Å². The summed E-state index contributed by atoms with van der Waals surface area (Å²) >= 11 is 0. The molecule has 0 bridgehead atoms. The van der Waals surface area contributed by atoms with E-state index in [0.29, 0.717) is 12.5 Å². The molecule has 0 saturated carbocycles. The van der Waals surface area contributed by atoms with E-state index in [4.69, 9.17) is 0 Å². The summed E-state index contributed by atoms with van der Waals surface area (Å²) in [5, 5.41) is 2.98. The van der Waals surface area contributed by atoms with Crippen LogP contribution in [0.5, 0.6) is 0 Å². The first kappa shape index (κ1) is 23.9. The van der Waals surface area contributed by atoms with E-state index in [-0.39, 0.29) is 22.1 Å². The lowest BCUT2D eigenvalue weighted by atomic mass is 9.97. The van der Waals surface area contributed by atoms with Crippen LogP contribution < -0.4 is 10.0 Å². The van der Waals surface area contributed by atoms with Gasteiger partial charge in [0.05, 0.1) is 16.1 Å². The molecule has 8 heteroatoms. The van der Waals surface area contributed by atoms with E-state index >= 15 is 0 Å². The lowest BCUT2D eigenvalue weighted by Crippen LogP contribution is -2.40. The molecule has 2 N–H and O–H groups in total. The minimum Gasteiger partial charge on any atom is -0.352 e. The third-order valence-corrected chi connectivity index (χ3v) is 7.32. The number of sulfonamides is 1. The first-order valence-corrected chi connectivity index (χ1v) is 12.8. The van der Waals surface area contributed by atoms with Gasteiger partial charge in [0.15, 0.2) is 0 Å². The number of para-hydroxylation sites is 1. The van der Waals surface area contributed by atoms with Gasteiger partial charge in [-0.05, 0) is 67.3 Å². The number of carbonyl (C=O) groups excluding carboxylic acids is 1. The Morgan fingerprint density at radius 1 is 0.971 bits per heavy atom. The fraction of sp³-hybridized carbons (Fsp3) is 0.269. The number of benzene rings is 3. The SMILES string of the molecule is O=C(NCC1CCCN(Cc2ccccc2)C1)c1ccccc1NS(=O)(=O)c1ccc(F)cc1. The molecule has 1 aliphatic heterocycles. The van der Waals surface area contributed by atoms with Crippen LogP contribution in [0.15, 0.2) is 83.8 Å². The van der Waals surface area contributed by atoms with E-state index in [9.17, 15) is 17.6 Å². The number of nitrogens with zero attached hydrogens (tertiary/aromatic N) is 1. The largest absolute Gasteiger partial charge is 0.352 e. The predicted molar refractivity (Wildman–Crippen MR) is 130 cm³/mol. The van der Waals surface area contributed by atoms with Crippen molar-refractivity contribution >= 4 is 21.6 Å². The van der Waals surface area contributed by atoms with Gasteiger partial charge in [-0.2, -0.15) is 0 Å². The average Bonchev–Trinajstić information content (AvgIpc) is 2.84. The van der Waals surface area contributed by atoms with Gasteiger partial charge in [0.1, 0.15) is 5.82 Å². The Balaban J connectivity index is 1.37. The number of anilines is 1. The van der Waals surface area contributed by atoms with Gasteiger partial charge in [0.25, 0.3) is 15.9 Å². The first-order valence-electron chi connectivity index (χ1n) is 11.3. The van der Waals surface area contributed by atoms with Gasteiger partial charge in [-0.25, -0.2) is 12.8 Å². The Kier molecular flexibility index (Phi) is 7.59. The second kappa shape index (κ2) is 10.8. The number of piperidine rings is 1. The Morgan fingerprint density at radius 3 is 2.44 bits per heavy atom. The molecule has 1 atom stereocenters. The van der Waals surface area contributed by atoms with E-state index in [0.717, 1.165) is 44.6 Å². The van der Waals surface area contributed by atoms with E-state index in [1.54, 1.807) is 18.2 Å². The highest BCUT2D eigenvalue weighted by Gasteiger charge is 2.22. The molecule has 34 heavy (non-hydrogen) atoms. The number of likely N-dealkylation sites (tertiary alicyclic amines) is 1. The molecule has 1 amide bonds. The third-order valence-electron chi connectivity index (χ3n) is 5.94. The Hall–Kier alpha value is -3.23. The highest BCUT2D eigenvalue weighted by Crippen LogP contribution is 2.22. The van der Waals surface area contributed by atoms with Crippen LogP contribution in [0.2, 0.25) is 0 Å². The molecule has 6 nitrogen and oxygen atoms in total. The number of carbonyl (C=O) groups is 1. The number of halogens is 1. The van der Waals surface area contributed by atoms with Crippen molar-refractivity contribution in [3.8, 4) is 0 Å². The molecular formula is C26H28FN3O3S. The zero-order valence-corrected chi connectivity index (χ0v) is 19.6. The summed E-state index contributed by atoms with van der Waals surface area (Å²) in [5.41, 5.74) is 1.69. The Bertz CT molecular complexity index is 1220. The monoisotopic (exact) mass is 481 g/mol. The zero-order valence-electron chi connectivity index (χ0n) is 18.8. The molecule has 1 aliphatic rings. The molecule has 0 aliphatic carbocycles. The molecule has 4 rings (SSSR count). The molecule has 1 fully saturated rings. The maximum Gasteiger partial charge on any atom is 0.261 e. The van der Waals surface area contributed by atoms with Crippen molar-refractivity contribution in [1.82, 2.24) is 10.2 Å².